The van der Waals surface area contributed by atoms with Gasteiger partial charge < -0.3 is 31.2 Å². The van der Waals surface area contributed by atoms with E-state index in [1.807, 2.05) is 0 Å². The fourth-order valence-corrected chi connectivity index (χ4v) is 1.56. The molecule has 0 radical (unpaired) electrons. The van der Waals surface area contributed by atoms with Crippen molar-refractivity contribution in [2.45, 2.75) is 13.3 Å². The molecule has 130 valence electrons. The fourth-order valence-electron chi connectivity index (χ4n) is 1.56. The normalized spacial score (nSPS) is 12.0. The van der Waals surface area contributed by atoms with Crippen LogP contribution in [0.4, 0.5) is 0 Å². The first-order chi connectivity index (χ1) is 10.6. The minimum absolute atomic E-state index is 0.274. The van der Waals surface area contributed by atoms with Gasteiger partial charge in [-0.25, -0.2) is 0 Å². The van der Waals surface area contributed by atoms with Crippen LogP contribution in [0.15, 0.2) is 0 Å². The van der Waals surface area contributed by atoms with Crippen molar-refractivity contribution in [2.24, 2.45) is 11.7 Å². The third-order valence-corrected chi connectivity index (χ3v) is 2.91. The van der Waals surface area contributed by atoms with E-state index in [9.17, 15) is 9.59 Å². The number of rotatable bonds is 14. The summed E-state index contributed by atoms with van der Waals surface area (Å²) in [5, 5.41) is 8.49. The quantitative estimate of drug-likeness (QED) is 0.228. The molecule has 8 nitrogen and oxygen atoms in total. The molecular weight excluding hydrogens is 288 g/mol. The van der Waals surface area contributed by atoms with Crippen molar-refractivity contribution < 1.29 is 19.1 Å². The molecule has 0 aliphatic carbocycles. The highest BCUT2D eigenvalue weighted by Crippen LogP contribution is 1.95. The molecule has 1 unspecified atom stereocenters. The Morgan fingerprint density at radius 2 is 1.68 bits per heavy atom. The molecule has 22 heavy (non-hydrogen) atoms. The molecule has 0 aliphatic rings. The number of carbonyl (C=O) groups is 2. The average molecular weight is 318 g/mol. The van der Waals surface area contributed by atoms with Crippen LogP contribution in [0.5, 0.6) is 0 Å². The molecule has 1 atom stereocenters. The highest BCUT2D eigenvalue weighted by atomic mass is 16.5. The molecule has 0 aliphatic heterocycles. The van der Waals surface area contributed by atoms with Crippen LogP contribution >= 0.6 is 0 Å². The molecule has 0 aromatic rings. The smallest absolute Gasteiger partial charge is 0.232 e. The Labute approximate surface area is 132 Å². The van der Waals surface area contributed by atoms with Crippen molar-refractivity contribution in [2.75, 3.05) is 59.7 Å². The summed E-state index contributed by atoms with van der Waals surface area (Å²) in [4.78, 5) is 23.6. The monoisotopic (exact) mass is 318 g/mol. The molecule has 0 heterocycles. The summed E-state index contributed by atoms with van der Waals surface area (Å²) in [5.74, 6) is -1.25. The van der Waals surface area contributed by atoms with E-state index < -0.39 is 5.92 Å². The molecule has 8 heteroatoms. The topological polar surface area (TPSA) is 115 Å². The Hall–Kier alpha value is -1.22. The third-order valence-electron chi connectivity index (χ3n) is 2.91. The van der Waals surface area contributed by atoms with Crippen LogP contribution in [0.2, 0.25) is 0 Å². The van der Waals surface area contributed by atoms with Crippen LogP contribution in [-0.2, 0) is 19.1 Å². The van der Waals surface area contributed by atoms with Gasteiger partial charge in [0.25, 0.3) is 0 Å². The summed E-state index contributed by atoms with van der Waals surface area (Å²) in [7, 11) is 1.62. The number of hydrogen-bond acceptors (Lipinski definition) is 6. The van der Waals surface area contributed by atoms with Crippen molar-refractivity contribution in [3.8, 4) is 0 Å². The highest BCUT2D eigenvalue weighted by Gasteiger charge is 2.20. The summed E-state index contributed by atoms with van der Waals surface area (Å²) in [5.41, 5.74) is 5.33. The van der Waals surface area contributed by atoms with Crippen molar-refractivity contribution in [1.82, 2.24) is 16.0 Å². The lowest BCUT2D eigenvalue weighted by atomic mass is 10.1. The molecule has 0 rings (SSSR count). The lowest BCUT2D eigenvalue weighted by molar-refractivity contribution is -0.134. The van der Waals surface area contributed by atoms with Crippen LogP contribution in [0.1, 0.15) is 13.3 Å². The second kappa shape index (κ2) is 14.7. The Morgan fingerprint density at radius 3 is 2.32 bits per heavy atom. The standard InChI is InChI=1S/C14H30N4O4/c1-12(14(20)18-8-7-16-6-4-15)13(19)17-5-3-9-22-11-10-21-2/h12,16H,3-11,15H2,1-2H3,(H,17,19)(H,18,20). The molecule has 0 bridgehead atoms. The van der Waals surface area contributed by atoms with Gasteiger partial charge in [-0.3, -0.25) is 9.59 Å². The lowest BCUT2D eigenvalue weighted by Gasteiger charge is -2.13. The van der Waals surface area contributed by atoms with Gasteiger partial charge in [0.2, 0.25) is 11.8 Å². The predicted octanol–water partition coefficient (Wildman–Crippen LogP) is -1.54. The van der Waals surface area contributed by atoms with E-state index >= 15 is 0 Å². The molecule has 5 N–H and O–H groups in total. The van der Waals surface area contributed by atoms with Gasteiger partial charge >= 0.3 is 0 Å². The van der Waals surface area contributed by atoms with Gasteiger partial charge in [0.1, 0.15) is 5.92 Å². The first kappa shape index (κ1) is 20.8. The van der Waals surface area contributed by atoms with Crippen LogP contribution in [0, 0.1) is 5.92 Å². The van der Waals surface area contributed by atoms with Crippen LogP contribution < -0.4 is 21.7 Å². The SMILES string of the molecule is COCCOCCCNC(=O)C(C)C(=O)NCCNCCN. The van der Waals surface area contributed by atoms with Crippen LogP contribution in [-0.4, -0.2) is 71.5 Å². The number of carbonyl (C=O) groups excluding carboxylic acids is 2. The predicted molar refractivity (Wildman–Crippen MR) is 84.4 cm³/mol. The Bertz CT molecular complexity index is 303. The van der Waals surface area contributed by atoms with Gasteiger partial charge in [0.05, 0.1) is 13.2 Å². The molecule has 0 fully saturated rings. The van der Waals surface area contributed by atoms with Crippen molar-refractivity contribution in [3.05, 3.63) is 0 Å². The zero-order valence-corrected chi connectivity index (χ0v) is 13.7. The van der Waals surface area contributed by atoms with Crippen molar-refractivity contribution in [1.29, 1.82) is 0 Å². The Morgan fingerprint density at radius 1 is 1.00 bits per heavy atom. The maximum atomic E-state index is 11.8. The zero-order valence-electron chi connectivity index (χ0n) is 13.7. The van der Waals surface area contributed by atoms with E-state index in [1.54, 1.807) is 14.0 Å². The molecule has 0 saturated heterocycles. The third kappa shape index (κ3) is 11.4. The zero-order chi connectivity index (χ0) is 16.6. The summed E-state index contributed by atoms with van der Waals surface area (Å²) in [6.45, 7) is 6.11. The molecule has 0 saturated carbocycles. The van der Waals surface area contributed by atoms with Gasteiger partial charge in [-0.05, 0) is 13.3 Å². The second-order valence-electron chi connectivity index (χ2n) is 4.80. The van der Waals surface area contributed by atoms with Gasteiger partial charge in [0, 0.05) is 46.4 Å². The lowest BCUT2D eigenvalue weighted by Crippen LogP contribution is -2.42. The first-order valence-electron chi connectivity index (χ1n) is 7.66. The largest absolute Gasteiger partial charge is 0.382 e. The number of amides is 2. The number of hydrogen-bond donors (Lipinski definition) is 4. The van der Waals surface area contributed by atoms with E-state index in [0.717, 1.165) is 0 Å². The maximum Gasteiger partial charge on any atom is 0.232 e. The number of nitrogens with two attached hydrogens (primary N) is 1. The molecule has 0 aromatic heterocycles. The second-order valence-corrected chi connectivity index (χ2v) is 4.80. The van der Waals surface area contributed by atoms with Gasteiger partial charge in [-0.1, -0.05) is 0 Å². The summed E-state index contributed by atoms with van der Waals surface area (Å²) in [6, 6.07) is 0. The van der Waals surface area contributed by atoms with Crippen LogP contribution in [0.3, 0.4) is 0 Å². The van der Waals surface area contributed by atoms with Gasteiger partial charge in [-0.15, -0.1) is 0 Å². The summed E-state index contributed by atoms with van der Waals surface area (Å²) >= 11 is 0. The molecule has 0 spiro atoms. The fraction of sp³-hybridized carbons (Fsp3) is 0.857. The van der Waals surface area contributed by atoms with Gasteiger partial charge in [0.15, 0.2) is 0 Å². The van der Waals surface area contributed by atoms with Gasteiger partial charge in [-0.2, -0.15) is 0 Å². The molecular formula is C14H30N4O4. The van der Waals surface area contributed by atoms with E-state index in [4.69, 9.17) is 15.2 Å². The van der Waals surface area contributed by atoms with E-state index in [-0.39, 0.29) is 11.8 Å². The average Bonchev–Trinajstić information content (AvgIpc) is 2.52. The maximum absolute atomic E-state index is 11.8. The Balaban J connectivity index is 3.61. The Kier molecular flexibility index (Phi) is 13.9. The van der Waals surface area contributed by atoms with E-state index in [0.29, 0.717) is 59.0 Å². The minimum Gasteiger partial charge on any atom is -0.382 e. The van der Waals surface area contributed by atoms with Crippen LogP contribution in [0.25, 0.3) is 0 Å². The molecule has 0 aromatic carbocycles. The molecule has 2 amide bonds. The minimum atomic E-state index is -0.705. The number of nitrogens with one attached hydrogen (secondary N) is 3. The summed E-state index contributed by atoms with van der Waals surface area (Å²) in [6.07, 6.45) is 0.701. The summed E-state index contributed by atoms with van der Waals surface area (Å²) < 4.78 is 10.1. The number of ether oxygens (including phenoxy) is 2. The van der Waals surface area contributed by atoms with Crippen molar-refractivity contribution in [3.63, 3.8) is 0 Å². The van der Waals surface area contributed by atoms with E-state index in [1.165, 1.54) is 0 Å². The number of methoxy groups -OCH3 is 1. The highest BCUT2D eigenvalue weighted by molar-refractivity contribution is 5.99. The van der Waals surface area contributed by atoms with Crippen molar-refractivity contribution >= 4 is 11.8 Å². The first-order valence-corrected chi connectivity index (χ1v) is 7.66. The van der Waals surface area contributed by atoms with E-state index in [2.05, 4.69) is 16.0 Å².